The van der Waals surface area contributed by atoms with E-state index in [2.05, 4.69) is 236 Å². The summed E-state index contributed by atoms with van der Waals surface area (Å²) in [5.74, 6) is 0. The number of anilines is 6. The van der Waals surface area contributed by atoms with Crippen LogP contribution in [0.4, 0.5) is 39.8 Å². The van der Waals surface area contributed by atoms with Crippen molar-refractivity contribution in [2.75, 3.05) is 9.80 Å². The molecule has 10 rings (SSSR count). The van der Waals surface area contributed by atoms with Crippen molar-refractivity contribution < 1.29 is 0 Å². The van der Waals surface area contributed by atoms with Crippen LogP contribution in [0.25, 0.3) is 32.7 Å². The molecule has 0 spiro atoms. The lowest BCUT2D eigenvalue weighted by atomic mass is 9.76. The van der Waals surface area contributed by atoms with E-state index in [0.29, 0.717) is 0 Å². The highest BCUT2D eigenvalue weighted by molar-refractivity contribution is 6.29. The highest BCUT2D eigenvalue weighted by Gasteiger charge is 2.37. The summed E-state index contributed by atoms with van der Waals surface area (Å²) in [5, 5.41) is 4.79. The molecule has 0 saturated carbocycles. The Bertz CT molecular complexity index is 2680. The van der Waals surface area contributed by atoms with Gasteiger partial charge in [-0.3, -0.25) is 4.99 Å². The molecule has 0 N–H and O–H groups in total. The molecule has 0 amide bonds. The Kier molecular flexibility index (Phi) is 8.49. The highest BCUT2D eigenvalue weighted by atomic mass is 15.2. The van der Waals surface area contributed by atoms with Crippen molar-refractivity contribution in [1.82, 2.24) is 0 Å². The maximum Gasteiger partial charge on any atom is 0.0675 e. The van der Waals surface area contributed by atoms with Crippen LogP contribution in [-0.2, 0) is 5.41 Å². The molecule has 0 saturated heterocycles. The van der Waals surface area contributed by atoms with Gasteiger partial charge < -0.3 is 9.80 Å². The normalized spacial score (nSPS) is 13.0. The Morgan fingerprint density at radius 2 is 0.702 bits per heavy atom. The van der Waals surface area contributed by atoms with E-state index < -0.39 is 0 Å². The zero-order chi connectivity index (χ0) is 38.3. The highest BCUT2D eigenvalue weighted by Crippen LogP contribution is 2.49. The van der Waals surface area contributed by atoms with Gasteiger partial charge in [-0.15, -0.1) is 0 Å². The van der Waals surface area contributed by atoms with E-state index >= 15 is 0 Å². The fourth-order valence-corrected chi connectivity index (χ4v) is 8.75. The van der Waals surface area contributed by atoms with Crippen LogP contribution >= 0.6 is 0 Å². The Morgan fingerprint density at radius 1 is 0.351 bits per heavy atom. The van der Waals surface area contributed by atoms with Crippen LogP contribution in [-0.4, -0.2) is 5.71 Å². The average molecular weight is 732 g/mol. The maximum absolute atomic E-state index is 5.39. The lowest BCUT2D eigenvalue weighted by Gasteiger charge is -2.31. The predicted molar refractivity (Wildman–Crippen MR) is 242 cm³/mol. The van der Waals surface area contributed by atoms with E-state index in [1.807, 2.05) is 0 Å². The van der Waals surface area contributed by atoms with Crippen LogP contribution in [0.2, 0.25) is 0 Å². The molecule has 3 nitrogen and oxygen atoms in total. The number of hydrogen-bond donors (Lipinski definition) is 0. The summed E-state index contributed by atoms with van der Waals surface area (Å²) >= 11 is 0. The SMILES string of the molecule is CC1(C)C(c2c3ccccc3c(-c3cc(N(c4ccccc4)c4ccccc4)cc(N(c4ccccc4)c4ccccc4)c3)c3ccccc23)=Nc2ccccc21. The average Bonchev–Trinajstić information content (AvgIpc) is 3.53. The van der Waals surface area contributed by atoms with Gasteiger partial charge in [0.25, 0.3) is 0 Å². The molecule has 272 valence electrons. The van der Waals surface area contributed by atoms with Crippen molar-refractivity contribution in [1.29, 1.82) is 0 Å². The minimum absolute atomic E-state index is 0.269. The molecular formula is C54H41N3. The van der Waals surface area contributed by atoms with Crippen molar-refractivity contribution in [3.8, 4) is 11.1 Å². The predicted octanol–water partition coefficient (Wildman–Crippen LogP) is 15.0. The molecule has 0 bridgehead atoms. The van der Waals surface area contributed by atoms with Crippen LogP contribution in [0, 0.1) is 0 Å². The number of rotatable bonds is 8. The van der Waals surface area contributed by atoms with E-state index in [4.69, 9.17) is 4.99 Å². The molecule has 9 aromatic rings. The van der Waals surface area contributed by atoms with Crippen LogP contribution < -0.4 is 9.80 Å². The van der Waals surface area contributed by atoms with Gasteiger partial charge in [-0.2, -0.15) is 0 Å². The van der Waals surface area contributed by atoms with Crippen molar-refractivity contribution in [3.05, 3.63) is 223 Å². The fourth-order valence-electron chi connectivity index (χ4n) is 8.75. The molecule has 1 heterocycles. The second-order valence-corrected chi connectivity index (χ2v) is 15.2. The zero-order valence-electron chi connectivity index (χ0n) is 32.0. The summed E-state index contributed by atoms with van der Waals surface area (Å²) in [6.07, 6.45) is 0. The van der Waals surface area contributed by atoms with Gasteiger partial charge in [0.15, 0.2) is 0 Å². The number of aliphatic imine (C=N–C) groups is 1. The Hall–Kier alpha value is -7.23. The molecule has 57 heavy (non-hydrogen) atoms. The molecule has 0 aromatic heterocycles. The number of nitrogens with zero attached hydrogens (tertiary/aromatic N) is 3. The minimum atomic E-state index is -0.269. The second-order valence-electron chi connectivity index (χ2n) is 15.2. The van der Waals surface area contributed by atoms with E-state index in [-0.39, 0.29) is 5.41 Å². The van der Waals surface area contributed by atoms with Gasteiger partial charge in [-0.1, -0.05) is 153 Å². The quantitative estimate of drug-likeness (QED) is 0.145. The molecule has 1 aliphatic heterocycles. The molecule has 1 aliphatic rings. The van der Waals surface area contributed by atoms with Gasteiger partial charge in [0.2, 0.25) is 0 Å². The molecule has 0 radical (unpaired) electrons. The zero-order valence-corrected chi connectivity index (χ0v) is 32.0. The van der Waals surface area contributed by atoms with Crippen molar-refractivity contribution >= 4 is 67.1 Å². The summed E-state index contributed by atoms with van der Waals surface area (Å²) < 4.78 is 0. The van der Waals surface area contributed by atoms with Gasteiger partial charge in [-0.05, 0) is 111 Å². The third-order valence-corrected chi connectivity index (χ3v) is 11.3. The summed E-state index contributed by atoms with van der Waals surface area (Å²) in [7, 11) is 0. The third kappa shape index (κ3) is 5.96. The van der Waals surface area contributed by atoms with Crippen LogP contribution in [0.5, 0.6) is 0 Å². The standard InChI is InChI=1S/C54H41N3/c1-54(2)49-33-19-20-34-50(49)55-53(54)52-47-31-17-15-29-45(47)51(46-30-16-18-32-48(46)52)38-35-43(56(39-21-7-3-8-22-39)40-23-9-4-10-24-40)37-44(36-38)57(41-25-11-5-12-26-41)42-27-13-6-14-28-42/h3-37H,1-2H3. The van der Waals surface area contributed by atoms with Gasteiger partial charge in [-0.25, -0.2) is 0 Å². The molecule has 9 aromatic carbocycles. The Labute approximate surface area is 334 Å². The molecular weight excluding hydrogens is 691 g/mol. The van der Waals surface area contributed by atoms with E-state index in [1.54, 1.807) is 0 Å². The first-order valence-corrected chi connectivity index (χ1v) is 19.6. The van der Waals surface area contributed by atoms with Crippen LogP contribution in [0.15, 0.2) is 217 Å². The summed E-state index contributed by atoms with van der Waals surface area (Å²) in [4.78, 5) is 10.1. The fraction of sp³-hybridized carbons (Fsp3) is 0.0556. The van der Waals surface area contributed by atoms with E-state index in [0.717, 1.165) is 51.1 Å². The smallest absolute Gasteiger partial charge is 0.0675 e. The van der Waals surface area contributed by atoms with Gasteiger partial charge in [0.1, 0.15) is 0 Å². The largest absolute Gasteiger partial charge is 0.310 e. The molecule has 3 heteroatoms. The number of fused-ring (bicyclic) bond motifs is 3. The van der Waals surface area contributed by atoms with E-state index in [9.17, 15) is 0 Å². The first kappa shape index (κ1) is 34.3. The summed E-state index contributed by atoms with van der Waals surface area (Å²) in [6, 6.07) is 76.2. The van der Waals surface area contributed by atoms with Gasteiger partial charge in [0, 0.05) is 45.1 Å². The number of para-hydroxylation sites is 5. The van der Waals surface area contributed by atoms with Crippen LogP contribution in [0.3, 0.4) is 0 Å². The van der Waals surface area contributed by atoms with Gasteiger partial charge in [0.05, 0.1) is 11.4 Å². The molecule has 0 fully saturated rings. The van der Waals surface area contributed by atoms with Crippen molar-refractivity contribution in [2.24, 2.45) is 4.99 Å². The maximum atomic E-state index is 5.39. The first-order valence-electron chi connectivity index (χ1n) is 19.6. The van der Waals surface area contributed by atoms with Crippen LogP contribution in [0.1, 0.15) is 25.0 Å². The summed E-state index contributed by atoms with van der Waals surface area (Å²) in [6.45, 7) is 4.63. The minimum Gasteiger partial charge on any atom is -0.310 e. The lowest BCUT2D eigenvalue weighted by Crippen LogP contribution is -2.26. The second kappa shape index (κ2) is 14.1. The Morgan fingerprint density at radius 3 is 1.11 bits per heavy atom. The number of benzene rings is 9. The van der Waals surface area contributed by atoms with Gasteiger partial charge >= 0.3 is 0 Å². The van der Waals surface area contributed by atoms with Crippen molar-refractivity contribution in [3.63, 3.8) is 0 Å². The van der Waals surface area contributed by atoms with E-state index in [1.165, 1.54) is 38.2 Å². The van der Waals surface area contributed by atoms with Crippen molar-refractivity contribution in [2.45, 2.75) is 19.3 Å². The summed E-state index contributed by atoms with van der Waals surface area (Å²) in [5.41, 5.74) is 13.2. The number of hydrogen-bond acceptors (Lipinski definition) is 3. The molecule has 0 unspecified atom stereocenters. The lowest BCUT2D eigenvalue weighted by molar-refractivity contribution is 0.738. The first-order chi connectivity index (χ1) is 28.1. The molecule has 0 aliphatic carbocycles. The third-order valence-electron chi connectivity index (χ3n) is 11.3. The monoisotopic (exact) mass is 731 g/mol. The molecule has 0 atom stereocenters. The topological polar surface area (TPSA) is 18.8 Å². The Balaban J connectivity index is 1.30.